The summed E-state index contributed by atoms with van der Waals surface area (Å²) in [4.78, 5) is 11.9. The van der Waals surface area contributed by atoms with Crippen molar-refractivity contribution in [3.05, 3.63) is 35.2 Å². The molecular weight excluding hydrogens is 274 g/mol. The van der Waals surface area contributed by atoms with Crippen molar-refractivity contribution in [2.24, 2.45) is 0 Å². The van der Waals surface area contributed by atoms with E-state index in [2.05, 4.69) is 20.3 Å². The van der Waals surface area contributed by atoms with Crippen molar-refractivity contribution in [1.29, 1.82) is 0 Å². The van der Waals surface area contributed by atoms with Crippen LogP contribution in [0.15, 0.2) is 22.8 Å². The monoisotopic (exact) mass is 291 g/mol. The van der Waals surface area contributed by atoms with Crippen LogP contribution in [-0.2, 0) is 6.42 Å². The lowest BCUT2D eigenvalue weighted by molar-refractivity contribution is 0.0944. The van der Waals surface area contributed by atoms with E-state index >= 15 is 0 Å². The van der Waals surface area contributed by atoms with E-state index in [0.29, 0.717) is 30.2 Å². The van der Waals surface area contributed by atoms with Crippen LogP contribution in [0.4, 0.5) is 0 Å². The van der Waals surface area contributed by atoms with Crippen LogP contribution >= 0.6 is 0 Å². The molecule has 2 rings (SSSR count). The molecule has 1 heterocycles. The first kappa shape index (κ1) is 14.8. The van der Waals surface area contributed by atoms with Gasteiger partial charge in [0, 0.05) is 6.54 Å². The molecule has 1 N–H and O–H groups in total. The lowest BCUT2D eigenvalue weighted by atomic mass is 10.1. The van der Waals surface area contributed by atoms with E-state index in [1.807, 2.05) is 18.2 Å². The first-order valence-corrected chi connectivity index (χ1v) is 6.44. The van der Waals surface area contributed by atoms with Gasteiger partial charge in [0.2, 0.25) is 0 Å². The number of carbonyl (C=O) groups is 1. The topological polar surface area (TPSA) is 86.5 Å². The minimum absolute atomic E-state index is 0.201. The Hall–Kier alpha value is -2.57. The number of aromatic nitrogens is 2. The SMILES string of the molecule is COc1cccc(CCNC(=O)c2nonc2C)c1OC. The molecule has 0 radical (unpaired) electrons. The fraction of sp³-hybridized carbons (Fsp3) is 0.357. The molecule has 21 heavy (non-hydrogen) atoms. The maximum absolute atomic E-state index is 11.9. The summed E-state index contributed by atoms with van der Waals surface area (Å²) in [6.45, 7) is 2.10. The van der Waals surface area contributed by atoms with Crippen LogP contribution in [0.1, 0.15) is 21.7 Å². The maximum atomic E-state index is 11.9. The van der Waals surface area contributed by atoms with Gasteiger partial charge in [0.05, 0.1) is 14.2 Å². The van der Waals surface area contributed by atoms with Gasteiger partial charge < -0.3 is 14.8 Å². The Morgan fingerprint density at radius 1 is 1.29 bits per heavy atom. The predicted molar refractivity (Wildman–Crippen MR) is 74.6 cm³/mol. The number of benzene rings is 1. The molecule has 1 aromatic carbocycles. The molecule has 0 saturated heterocycles. The second-order valence-corrected chi connectivity index (χ2v) is 4.36. The van der Waals surface area contributed by atoms with Gasteiger partial charge >= 0.3 is 0 Å². The lowest BCUT2D eigenvalue weighted by Gasteiger charge is -2.12. The zero-order valence-corrected chi connectivity index (χ0v) is 12.2. The summed E-state index contributed by atoms with van der Waals surface area (Å²) in [6, 6.07) is 5.63. The van der Waals surface area contributed by atoms with Crippen molar-refractivity contribution >= 4 is 5.91 Å². The van der Waals surface area contributed by atoms with Crippen molar-refractivity contribution in [2.75, 3.05) is 20.8 Å². The number of nitrogens with zero attached hydrogens (tertiary/aromatic N) is 2. The summed E-state index contributed by atoms with van der Waals surface area (Å²) in [5, 5.41) is 9.90. The van der Waals surface area contributed by atoms with Gasteiger partial charge in [-0.1, -0.05) is 17.3 Å². The van der Waals surface area contributed by atoms with E-state index in [1.54, 1.807) is 21.1 Å². The van der Waals surface area contributed by atoms with Crippen molar-refractivity contribution in [2.45, 2.75) is 13.3 Å². The van der Waals surface area contributed by atoms with Crippen LogP contribution in [0.2, 0.25) is 0 Å². The maximum Gasteiger partial charge on any atom is 0.275 e. The van der Waals surface area contributed by atoms with Crippen LogP contribution in [0.3, 0.4) is 0 Å². The Bertz CT molecular complexity index is 624. The van der Waals surface area contributed by atoms with Gasteiger partial charge in [-0.3, -0.25) is 4.79 Å². The standard InChI is InChI=1S/C14H17N3O4/c1-9-12(17-21-16-9)14(18)15-8-7-10-5-4-6-11(19-2)13(10)20-3/h4-6H,7-8H2,1-3H3,(H,15,18). The zero-order chi connectivity index (χ0) is 15.2. The molecule has 7 heteroatoms. The highest BCUT2D eigenvalue weighted by Gasteiger charge is 2.15. The number of aryl methyl sites for hydroxylation is 1. The van der Waals surface area contributed by atoms with Crippen LogP contribution in [0, 0.1) is 6.92 Å². The summed E-state index contributed by atoms with van der Waals surface area (Å²) in [6.07, 6.45) is 0.608. The normalized spacial score (nSPS) is 10.2. The molecule has 1 amide bonds. The highest BCUT2D eigenvalue weighted by molar-refractivity contribution is 5.92. The Balaban J connectivity index is 1.98. The fourth-order valence-electron chi connectivity index (χ4n) is 1.98. The first-order valence-electron chi connectivity index (χ1n) is 6.44. The van der Waals surface area contributed by atoms with Gasteiger partial charge in [0.1, 0.15) is 5.69 Å². The largest absolute Gasteiger partial charge is 0.493 e. The number of ether oxygens (including phenoxy) is 2. The van der Waals surface area contributed by atoms with Gasteiger partial charge in [0.25, 0.3) is 5.91 Å². The number of methoxy groups -OCH3 is 2. The quantitative estimate of drug-likeness (QED) is 0.865. The minimum Gasteiger partial charge on any atom is -0.493 e. The summed E-state index contributed by atoms with van der Waals surface area (Å²) in [5.74, 6) is 1.03. The predicted octanol–water partition coefficient (Wildman–Crippen LogP) is 1.37. The van der Waals surface area contributed by atoms with Crippen molar-refractivity contribution in [3.63, 3.8) is 0 Å². The molecule has 2 aromatic rings. The highest BCUT2D eigenvalue weighted by Crippen LogP contribution is 2.30. The smallest absolute Gasteiger partial charge is 0.275 e. The molecule has 0 bridgehead atoms. The number of carbonyl (C=O) groups excluding carboxylic acids is 1. The van der Waals surface area contributed by atoms with Crippen molar-refractivity contribution in [3.8, 4) is 11.5 Å². The molecule has 0 aliphatic heterocycles. The molecule has 0 aliphatic carbocycles. The average molecular weight is 291 g/mol. The first-order chi connectivity index (χ1) is 10.2. The number of hydrogen-bond donors (Lipinski definition) is 1. The summed E-state index contributed by atoms with van der Waals surface area (Å²) in [5.41, 5.74) is 1.62. The van der Waals surface area contributed by atoms with E-state index in [0.717, 1.165) is 5.56 Å². The molecule has 112 valence electrons. The molecule has 1 aromatic heterocycles. The fourth-order valence-corrected chi connectivity index (χ4v) is 1.98. The Kier molecular flexibility index (Phi) is 4.76. The number of rotatable bonds is 6. The second kappa shape index (κ2) is 6.74. The molecule has 0 saturated carbocycles. The highest BCUT2D eigenvalue weighted by atomic mass is 16.6. The molecule has 0 unspecified atom stereocenters. The number of nitrogens with one attached hydrogen (secondary N) is 1. The van der Waals surface area contributed by atoms with Crippen LogP contribution < -0.4 is 14.8 Å². The number of para-hydroxylation sites is 1. The van der Waals surface area contributed by atoms with Crippen molar-refractivity contribution < 1.29 is 18.9 Å². The second-order valence-electron chi connectivity index (χ2n) is 4.36. The van der Waals surface area contributed by atoms with Crippen LogP contribution in [-0.4, -0.2) is 37.0 Å². The summed E-state index contributed by atoms with van der Waals surface area (Å²) in [7, 11) is 3.17. The van der Waals surface area contributed by atoms with E-state index in [4.69, 9.17) is 9.47 Å². The summed E-state index contributed by atoms with van der Waals surface area (Å²) >= 11 is 0. The van der Waals surface area contributed by atoms with E-state index in [-0.39, 0.29) is 11.6 Å². The van der Waals surface area contributed by atoms with E-state index < -0.39 is 0 Å². The van der Waals surface area contributed by atoms with E-state index in [1.165, 1.54) is 0 Å². The van der Waals surface area contributed by atoms with Crippen molar-refractivity contribution in [1.82, 2.24) is 15.6 Å². The van der Waals surface area contributed by atoms with Gasteiger partial charge in [0.15, 0.2) is 17.2 Å². The van der Waals surface area contributed by atoms with Crippen LogP contribution in [0.5, 0.6) is 11.5 Å². The molecule has 0 spiro atoms. The molecule has 0 fully saturated rings. The Morgan fingerprint density at radius 3 is 2.71 bits per heavy atom. The summed E-state index contributed by atoms with van der Waals surface area (Å²) < 4.78 is 15.1. The Labute approximate surface area is 122 Å². The van der Waals surface area contributed by atoms with Gasteiger partial charge in [-0.05, 0) is 30.1 Å². The number of amides is 1. The third-order valence-electron chi connectivity index (χ3n) is 3.03. The molecular formula is C14H17N3O4. The lowest BCUT2D eigenvalue weighted by Crippen LogP contribution is -2.26. The molecule has 0 aliphatic rings. The minimum atomic E-state index is -0.310. The average Bonchev–Trinajstić information content (AvgIpc) is 2.93. The number of hydrogen-bond acceptors (Lipinski definition) is 6. The Morgan fingerprint density at radius 2 is 2.10 bits per heavy atom. The van der Waals surface area contributed by atoms with Crippen LogP contribution in [0.25, 0.3) is 0 Å². The van der Waals surface area contributed by atoms with Gasteiger partial charge in [-0.15, -0.1) is 0 Å². The van der Waals surface area contributed by atoms with Gasteiger partial charge in [-0.25, -0.2) is 4.63 Å². The van der Waals surface area contributed by atoms with E-state index in [9.17, 15) is 4.79 Å². The van der Waals surface area contributed by atoms with Gasteiger partial charge in [-0.2, -0.15) is 0 Å². The third kappa shape index (κ3) is 3.31. The third-order valence-corrected chi connectivity index (χ3v) is 3.03. The molecule has 0 atom stereocenters. The zero-order valence-electron chi connectivity index (χ0n) is 12.2. The molecule has 7 nitrogen and oxygen atoms in total.